The molecule has 3 unspecified atom stereocenters. The smallest absolute Gasteiger partial charge is 0.0652 e. The molecule has 1 fully saturated rings. The Labute approximate surface area is 76.2 Å². The highest BCUT2D eigenvalue weighted by Gasteiger charge is 2.38. The van der Waals surface area contributed by atoms with Crippen LogP contribution in [0.1, 0.15) is 47.0 Å². The van der Waals surface area contributed by atoms with Crippen LogP contribution in [0.5, 0.6) is 0 Å². The summed E-state index contributed by atoms with van der Waals surface area (Å²) in [5.41, 5.74) is -0.411. The van der Waals surface area contributed by atoms with Crippen LogP contribution in [-0.4, -0.2) is 10.7 Å². The number of rotatable bonds is 1. The summed E-state index contributed by atoms with van der Waals surface area (Å²) in [6.07, 6.45) is 3.47. The standard InChI is InChI=1S/C11H22O/c1-8(2)10-6-5-9(3)7-11(10,4)12/h8-10,12H,5-7H2,1-4H3. The predicted molar refractivity (Wildman–Crippen MR) is 52.0 cm³/mol. The fourth-order valence-electron chi connectivity index (χ4n) is 2.79. The third-order valence-electron chi connectivity index (χ3n) is 3.34. The van der Waals surface area contributed by atoms with Gasteiger partial charge in [-0.1, -0.05) is 27.2 Å². The summed E-state index contributed by atoms with van der Waals surface area (Å²) < 4.78 is 0. The highest BCUT2D eigenvalue weighted by molar-refractivity contribution is 4.89. The summed E-state index contributed by atoms with van der Waals surface area (Å²) in [5, 5.41) is 10.2. The Bertz CT molecular complexity index is 149. The zero-order chi connectivity index (χ0) is 9.35. The lowest BCUT2D eigenvalue weighted by atomic mass is 9.68. The summed E-state index contributed by atoms with van der Waals surface area (Å²) in [5.74, 6) is 1.83. The van der Waals surface area contributed by atoms with Gasteiger partial charge in [0, 0.05) is 0 Å². The second kappa shape index (κ2) is 3.37. The topological polar surface area (TPSA) is 20.2 Å². The molecule has 12 heavy (non-hydrogen) atoms. The van der Waals surface area contributed by atoms with Crippen molar-refractivity contribution in [3.05, 3.63) is 0 Å². The Hall–Kier alpha value is -0.0400. The van der Waals surface area contributed by atoms with Crippen molar-refractivity contribution in [1.29, 1.82) is 0 Å². The molecule has 3 atom stereocenters. The molecule has 1 rings (SSSR count). The maximum Gasteiger partial charge on any atom is 0.0652 e. The van der Waals surface area contributed by atoms with E-state index in [0.29, 0.717) is 17.8 Å². The molecular weight excluding hydrogens is 148 g/mol. The van der Waals surface area contributed by atoms with Crippen LogP contribution in [0.15, 0.2) is 0 Å². The zero-order valence-electron chi connectivity index (χ0n) is 8.80. The van der Waals surface area contributed by atoms with Gasteiger partial charge in [-0.15, -0.1) is 0 Å². The minimum absolute atomic E-state index is 0.411. The SMILES string of the molecule is CC1CCC(C(C)C)C(C)(O)C1. The summed E-state index contributed by atoms with van der Waals surface area (Å²) in [7, 11) is 0. The van der Waals surface area contributed by atoms with E-state index in [9.17, 15) is 5.11 Å². The molecule has 0 aromatic heterocycles. The van der Waals surface area contributed by atoms with Gasteiger partial charge in [0.15, 0.2) is 0 Å². The molecule has 0 radical (unpaired) electrons. The van der Waals surface area contributed by atoms with Crippen LogP contribution >= 0.6 is 0 Å². The van der Waals surface area contributed by atoms with E-state index in [1.165, 1.54) is 12.8 Å². The maximum atomic E-state index is 10.2. The van der Waals surface area contributed by atoms with Gasteiger partial charge in [-0.25, -0.2) is 0 Å². The Morgan fingerprint density at radius 3 is 2.33 bits per heavy atom. The van der Waals surface area contributed by atoms with Crippen LogP contribution in [0.2, 0.25) is 0 Å². The molecule has 0 heterocycles. The van der Waals surface area contributed by atoms with Crippen molar-refractivity contribution in [3.63, 3.8) is 0 Å². The largest absolute Gasteiger partial charge is 0.390 e. The minimum Gasteiger partial charge on any atom is -0.390 e. The molecule has 0 aromatic rings. The first-order chi connectivity index (χ1) is 5.43. The first kappa shape index (κ1) is 10.0. The van der Waals surface area contributed by atoms with Crippen LogP contribution in [0.25, 0.3) is 0 Å². The van der Waals surface area contributed by atoms with Crippen LogP contribution in [0.3, 0.4) is 0 Å². The molecule has 1 saturated carbocycles. The number of aliphatic hydroxyl groups is 1. The Morgan fingerprint density at radius 2 is 1.92 bits per heavy atom. The lowest BCUT2D eigenvalue weighted by Gasteiger charge is -2.42. The minimum atomic E-state index is -0.411. The van der Waals surface area contributed by atoms with Crippen molar-refractivity contribution < 1.29 is 5.11 Å². The third-order valence-corrected chi connectivity index (χ3v) is 3.34. The van der Waals surface area contributed by atoms with E-state index in [-0.39, 0.29) is 0 Å². The Morgan fingerprint density at radius 1 is 1.33 bits per heavy atom. The van der Waals surface area contributed by atoms with E-state index < -0.39 is 5.60 Å². The lowest BCUT2D eigenvalue weighted by Crippen LogP contribution is -2.42. The number of hydrogen-bond donors (Lipinski definition) is 1. The van der Waals surface area contributed by atoms with Gasteiger partial charge in [-0.3, -0.25) is 0 Å². The van der Waals surface area contributed by atoms with Gasteiger partial charge >= 0.3 is 0 Å². The maximum absolute atomic E-state index is 10.2. The quantitative estimate of drug-likeness (QED) is 0.641. The normalized spacial score (nSPS) is 43.5. The van der Waals surface area contributed by atoms with Gasteiger partial charge in [0.2, 0.25) is 0 Å². The van der Waals surface area contributed by atoms with Gasteiger partial charge in [0.1, 0.15) is 0 Å². The molecule has 0 spiro atoms. The van der Waals surface area contributed by atoms with E-state index in [1.54, 1.807) is 0 Å². The average molecular weight is 170 g/mol. The Balaban J connectivity index is 2.64. The lowest BCUT2D eigenvalue weighted by molar-refractivity contribution is -0.0649. The molecule has 1 aliphatic rings. The van der Waals surface area contributed by atoms with Crippen molar-refractivity contribution in [2.75, 3.05) is 0 Å². The number of hydrogen-bond acceptors (Lipinski definition) is 1. The van der Waals surface area contributed by atoms with Gasteiger partial charge in [-0.2, -0.15) is 0 Å². The van der Waals surface area contributed by atoms with Crippen LogP contribution in [-0.2, 0) is 0 Å². The summed E-state index contributed by atoms with van der Waals surface area (Å²) >= 11 is 0. The van der Waals surface area contributed by atoms with E-state index >= 15 is 0 Å². The summed E-state index contributed by atoms with van der Waals surface area (Å²) in [4.78, 5) is 0. The second-order valence-electron chi connectivity index (χ2n) is 5.09. The molecule has 0 aromatic carbocycles. The molecule has 0 amide bonds. The van der Waals surface area contributed by atoms with Crippen molar-refractivity contribution in [2.45, 2.75) is 52.6 Å². The summed E-state index contributed by atoms with van der Waals surface area (Å²) in [6, 6.07) is 0. The van der Waals surface area contributed by atoms with Gasteiger partial charge < -0.3 is 5.11 Å². The van der Waals surface area contributed by atoms with Crippen LogP contribution in [0.4, 0.5) is 0 Å². The van der Waals surface area contributed by atoms with Gasteiger partial charge in [-0.05, 0) is 37.5 Å². The molecule has 0 saturated heterocycles. The predicted octanol–water partition coefficient (Wildman–Crippen LogP) is 2.83. The average Bonchev–Trinajstić information content (AvgIpc) is 1.82. The zero-order valence-corrected chi connectivity index (χ0v) is 8.80. The van der Waals surface area contributed by atoms with E-state index in [2.05, 4.69) is 20.8 Å². The highest BCUT2D eigenvalue weighted by atomic mass is 16.3. The van der Waals surface area contributed by atoms with Gasteiger partial charge in [0.05, 0.1) is 5.60 Å². The fraction of sp³-hybridized carbons (Fsp3) is 1.00. The van der Waals surface area contributed by atoms with Crippen molar-refractivity contribution >= 4 is 0 Å². The molecule has 72 valence electrons. The molecule has 1 N–H and O–H groups in total. The van der Waals surface area contributed by atoms with Gasteiger partial charge in [0.25, 0.3) is 0 Å². The molecule has 1 aliphatic carbocycles. The fourth-order valence-corrected chi connectivity index (χ4v) is 2.79. The molecular formula is C11H22O. The van der Waals surface area contributed by atoms with Crippen molar-refractivity contribution in [3.8, 4) is 0 Å². The molecule has 0 aliphatic heterocycles. The Kier molecular flexibility index (Phi) is 2.82. The highest BCUT2D eigenvalue weighted by Crippen LogP contribution is 2.40. The first-order valence-electron chi connectivity index (χ1n) is 5.16. The van der Waals surface area contributed by atoms with Crippen LogP contribution in [0, 0.1) is 17.8 Å². The molecule has 1 heteroatoms. The van der Waals surface area contributed by atoms with Crippen LogP contribution < -0.4 is 0 Å². The third kappa shape index (κ3) is 2.01. The molecule has 0 bridgehead atoms. The van der Waals surface area contributed by atoms with E-state index in [4.69, 9.17) is 0 Å². The van der Waals surface area contributed by atoms with Crippen molar-refractivity contribution in [2.24, 2.45) is 17.8 Å². The summed E-state index contributed by atoms with van der Waals surface area (Å²) in [6.45, 7) is 8.68. The second-order valence-corrected chi connectivity index (χ2v) is 5.09. The molecule has 1 nitrogen and oxygen atoms in total. The monoisotopic (exact) mass is 170 g/mol. The van der Waals surface area contributed by atoms with Crippen molar-refractivity contribution in [1.82, 2.24) is 0 Å². The van der Waals surface area contributed by atoms with E-state index in [1.807, 2.05) is 6.92 Å². The van der Waals surface area contributed by atoms with E-state index in [0.717, 1.165) is 6.42 Å². The first-order valence-corrected chi connectivity index (χ1v) is 5.16.